The minimum atomic E-state index is 0.867. The standard InChI is InChI=1S/C15H20N4S2/c1-12-3-5-16-14(7-12)18-9-20-11-21-10-19-15-8-13(2)4-6-17-15/h3-8H,9-11H2,1-2H3,(H,16,18)(H,17,19). The molecule has 0 aromatic carbocycles. The maximum Gasteiger partial charge on any atom is 0.126 e. The van der Waals surface area contributed by atoms with Gasteiger partial charge in [0, 0.05) is 17.5 Å². The number of pyridine rings is 2. The fraction of sp³-hybridized carbons (Fsp3) is 0.333. The normalized spacial score (nSPS) is 10.4. The van der Waals surface area contributed by atoms with Crippen molar-refractivity contribution in [2.24, 2.45) is 0 Å². The molecule has 2 rings (SSSR count). The Morgan fingerprint density at radius 2 is 1.33 bits per heavy atom. The van der Waals surface area contributed by atoms with Crippen molar-refractivity contribution in [3.05, 3.63) is 47.8 Å². The number of nitrogens with zero attached hydrogens (tertiary/aromatic N) is 2. The van der Waals surface area contributed by atoms with E-state index in [1.807, 2.05) is 48.1 Å². The van der Waals surface area contributed by atoms with Gasteiger partial charge in [0.05, 0.1) is 11.8 Å². The molecule has 0 amide bonds. The Hall–Kier alpha value is -1.40. The largest absolute Gasteiger partial charge is 0.361 e. The molecule has 2 heterocycles. The number of thioether (sulfide) groups is 2. The number of nitrogens with one attached hydrogen (secondary N) is 2. The van der Waals surface area contributed by atoms with Gasteiger partial charge in [0.25, 0.3) is 0 Å². The lowest BCUT2D eigenvalue weighted by atomic mass is 10.3. The van der Waals surface area contributed by atoms with Gasteiger partial charge in [-0.25, -0.2) is 9.97 Å². The van der Waals surface area contributed by atoms with E-state index in [2.05, 4.69) is 46.6 Å². The highest BCUT2D eigenvalue weighted by molar-refractivity contribution is 8.16. The zero-order valence-electron chi connectivity index (χ0n) is 12.3. The van der Waals surface area contributed by atoms with Gasteiger partial charge in [-0.1, -0.05) is 0 Å². The molecule has 0 aliphatic rings. The molecule has 0 fully saturated rings. The van der Waals surface area contributed by atoms with Crippen LogP contribution in [0.3, 0.4) is 0 Å². The van der Waals surface area contributed by atoms with Crippen LogP contribution >= 0.6 is 23.5 Å². The van der Waals surface area contributed by atoms with Crippen molar-refractivity contribution in [2.75, 3.05) is 27.5 Å². The molecular formula is C15H20N4S2. The van der Waals surface area contributed by atoms with Crippen molar-refractivity contribution < 1.29 is 0 Å². The second kappa shape index (κ2) is 8.79. The molecule has 0 bridgehead atoms. The van der Waals surface area contributed by atoms with Gasteiger partial charge in [-0.05, 0) is 49.2 Å². The maximum absolute atomic E-state index is 4.27. The van der Waals surface area contributed by atoms with E-state index in [0.717, 1.165) is 28.5 Å². The van der Waals surface area contributed by atoms with E-state index in [1.165, 1.54) is 11.1 Å². The van der Waals surface area contributed by atoms with Gasteiger partial charge < -0.3 is 10.6 Å². The lowest BCUT2D eigenvalue weighted by molar-refractivity contribution is 1.24. The summed E-state index contributed by atoms with van der Waals surface area (Å²) in [4.78, 5) is 8.54. The van der Waals surface area contributed by atoms with Gasteiger partial charge in [0.1, 0.15) is 11.6 Å². The third-order valence-corrected chi connectivity index (χ3v) is 4.74. The van der Waals surface area contributed by atoms with Crippen LogP contribution < -0.4 is 10.6 Å². The lowest BCUT2D eigenvalue weighted by Gasteiger charge is -2.07. The number of aromatic nitrogens is 2. The second-order valence-electron chi connectivity index (χ2n) is 4.61. The van der Waals surface area contributed by atoms with Crippen LogP contribution in [0.1, 0.15) is 11.1 Å². The molecule has 112 valence electrons. The highest BCUT2D eigenvalue weighted by Gasteiger charge is 1.96. The highest BCUT2D eigenvalue weighted by atomic mass is 32.2. The van der Waals surface area contributed by atoms with E-state index in [9.17, 15) is 0 Å². The molecule has 0 spiro atoms. The minimum absolute atomic E-state index is 0.867. The van der Waals surface area contributed by atoms with Crippen LogP contribution in [0.2, 0.25) is 0 Å². The summed E-state index contributed by atoms with van der Waals surface area (Å²) in [5.74, 6) is 3.61. The second-order valence-corrected chi connectivity index (χ2v) is 6.94. The molecule has 0 aliphatic carbocycles. The summed E-state index contributed by atoms with van der Waals surface area (Å²) in [7, 11) is 0. The molecule has 21 heavy (non-hydrogen) atoms. The number of rotatable bonds is 8. The van der Waals surface area contributed by atoms with Crippen molar-refractivity contribution in [2.45, 2.75) is 13.8 Å². The lowest BCUT2D eigenvalue weighted by Crippen LogP contribution is -2.02. The summed E-state index contributed by atoms with van der Waals surface area (Å²) in [6.07, 6.45) is 3.66. The van der Waals surface area contributed by atoms with Crippen molar-refractivity contribution in [1.82, 2.24) is 9.97 Å². The Morgan fingerprint density at radius 1 is 0.857 bits per heavy atom. The summed E-state index contributed by atoms with van der Waals surface area (Å²) >= 11 is 3.69. The van der Waals surface area contributed by atoms with Crippen LogP contribution in [0, 0.1) is 13.8 Å². The molecule has 0 aliphatic heterocycles. The quantitative estimate of drug-likeness (QED) is 0.567. The Labute approximate surface area is 134 Å². The summed E-state index contributed by atoms with van der Waals surface area (Å²) < 4.78 is 0. The molecule has 0 atom stereocenters. The SMILES string of the molecule is Cc1ccnc(NCSCSCNc2cc(C)ccn2)c1. The molecule has 0 radical (unpaired) electrons. The number of aryl methyl sites for hydroxylation is 2. The Kier molecular flexibility index (Phi) is 6.69. The molecule has 2 aromatic heterocycles. The van der Waals surface area contributed by atoms with Crippen molar-refractivity contribution in [3.8, 4) is 0 Å². The summed E-state index contributed by atoms with van der Waals surface area (Å²) in [5.41, 5.74) is 2.45. The van der Waals surface area contributed by atoms with Crippen molar-refractivity contribution >= 4 is 35.2 Å². The van der Waals surface area contributed by atoms with Gasteiger partial charge in [0.2, 0.25) is 0 Å². The van der Waals surface area contributed by atoms with Crippen LogP contribution in [-0.4, -0.2) is 26.8 Å². The molecule has 0 unspecified atom stereocenters. The van der Waals surface area contributed by atoms with Gasteiger partial charge >= 0.3 is 0 Å². The smallest absolute Gasteiger partial charge is 0.126 e. The summed E-state index contributed by atoms with van der Waals surface area (Å²) in [6, 6.07) is 8.11. The molecule has 6 heteroatoms. The zero-order valence-corrected chi connectivity index (χ0v) is 13.9. The molecule has 2 aromatic rings. The molecule has 0 saturated carbocycles. The van der Waals surface area contributed by atoms with Gasteiger partial charge in [-0.15, -0.1) is 23.5 Å². The van der Waals surface area contributed by atoms with Crippen LogP contribution in [0.5, 0.6) is 0 Å². The minimum Gasteiger partial charge on any atom is -0.361 e. The van der Waals surface area contributed by atoms with Gasteiger partial charge in [0.15, 0.2) is 0 Å². The first-order valence-electron chi connectivity index (χ1n) is 6.72. The molecule has 0 saturated heterocycles. The summed E-state index contributed by atoms with van der Waals surface area (Å²) in [6.45, 7) is 4.14. The molecular weight excluding hydrogens is 300 g/mol. The first-order valence-corrected chi connectivity index (χ1v) is 9.03. The van der Waals surface area contributed by atoms with Gasteiger partial charge in [-0.2, -0.15) is 0 Å². The molecule has 4 nitrogen and oxygen atoms in total. The Balaban J connectivity index is 1.54. The third-order valence-electron chi connectivity index (χ3n) is 2.71. The van der Waals surface area contributed by atoms with E-state index in [1.54, 1.807) is 0 Å². The van der Waals surface area contributed by atoms with Gasteiger partial charge in [-0.3, -0.25) is 0 Å². The van der Waals surface area contributed by atoms with E-state index < -0.39 is 0 Å². The van der Waals surface area contributed by atoms with Crippen LogP contribution in [0.15, 0.2) is 36.7 Å². The zero-order chi connectivity index (χ0) is 14.9. The Bertz CT molecular complexity index is 513. The topological polar surface area (TPSA) is 49.8 Å². The predicted octanol–water partition coefficient (Wildman–Crippen LogP) is 3.96. The summed E-state index contributed by atoms with van der Waals surface area (Å²) in [5, 5.41) is 7.64. The first kappa shape index (κ1) is 16.0. The average molecular weight is 320 g/mol. The van der Waals surface area contributed by atoms with E-state index in [-0.39, 0.29) is 0 Å². The first-order chi connectivity index (χ1) is 10.2. The number of hydrogen-bond donors (Lipinski definition) is 2. The van der Waals surface area contributed by atoms with E-state index in [4.69, 9.17) is 0 Å². The van der Waals surface area contributed by atoms with Crippen molar-refractivity contribution in [3.63, 3.8) is 0 Å². The van der Waals surface area contributed by atoms with Crippen LogP contribution in [-0.2, 0) is 0 Å². The highest BCUT2D eigenvalue weighted by Crippen LogP contribution is 2.14. The van der Waals surface area contributed by atoms with Crippen LogP contribution in [0.4, 0.5) is 11.6 Å². The predicted molar refractivity (Wildman–Crippen MR) is 95.0 cm³/mol. The van der Waals surface area contributed by atoms with E-state index >= 15 is 0 Å². The van der Waals surface area contributed by atoms with Crippen LogP contribution in [0.25, 0.3) is 0 Å². The fourth-order valence-electron chi connectivity index (χ4n) is 1.66. The number of anilines is 2. The molecule has 2 N–H and O–H groups in total. The monoisotopic (exact) mass is 320 g/mol. The Morgan fingerprint density at radius 3 is 1.76 bits per heavy atom. The van der Waals surface area contributed by atoms with E-state index in [0.29, 0.717) is 0 Å². The average Bonchev–Trinajstić information content (AvgIpc) is 2.46. The fourth-order valence-corrected chi connectivity index (χ4v) is 3.30. The third kappa shape index (κ3) is 6.27. The maximum atomic E-state index is 4.27. The van der Waals surface area contributed by atoms with Crippen molar-refractivity contribution in [1.29, 1.82) is 0 Å². The number of hydrogen-bond acceptors (Lipinski definition) is 6.